The number of hydrogen-bond donors (Lipinski definition) is 2. The molecule has 4 aromatic rings. The SMILES string of the molecule is Cc1sc(NC(=O)Cc2cccc(OCCC(C)(C)CCOc3cccc4c3C(=O)N(C3CCC(=O)NC3=O)C4=O)c2)nc1-c1ccc2c(c1)CCN2C(=O)C1CC1. The van der Waals surface area contributed by atoms with Crippen LogP contribution >= 0.6 is 11.3 Å². The fourth-order valence-corrected chi connectivity index (χ4v) is 8.60. The summed E-state index contributed by atoms with van der Waals surface area (Å²) in [6.07, 6.45) is 4.41. The van der Waals surface area contributed by atoms with Gasteiger partial charge in [0.2, 0.25) is 23.6 Å². The minimum absolute atomic E-state index is 0.0485. The van der Waals surface area contributed by atoms with E-state index in [1.54, 1.807) is 18.2 Å². The molecule has 0 radical (unpaired) electrons. The second-order valence-corrected chi connectivity index (χ2v) is 17.3. The molecular weight excluding hydrogens is 759 g/mol. The van der Waals surface area contributed by atoms with Crippen molar-refractivity contribution >= 4 is 57.6 Å². The molecule has 2 N–H and O–H groups in total. The maximum absolute atomic E-state index is 13.4. The van der Waals surface area contributed by atoms with Gasteiger partial charge in [-0.3, -0.25) is 39.0 Å². The van der Waals surface area contributed by atoms with Crippen molar-refractivity contribution in [2.24, 2.45) is 11.3 Å². The summed E-state index contributed by atoms with van der Waals surface area (Å²) in [6.45, 7) is 7.61. The maximum atomic E-state index is 13.4. The van der Waals surface area contributed by atoms with Crippen LogP contribution in [-0.4, -0.2) is 71.1 Å². The number of aryl methyl sites for hydroxylation is 1. The predicted molar refractivity (Wildman–Crippen MR) is 217 cm³/mol. The molecule has 1 aliphatic carbocycles. The third-order valence-electron chi connectivity index (χ3n) is 11.3. The highest BCUT2D eigenvalue weighted by Crippen LogP contribution is 2.40. The number of anilines is 2. The molecule has 6 amide bonds. The quantitative estimate of drug-likeness (QED) is 0.140. The van der Waals surface area contributed by atoms with Gasteiger partial charge in [0.05, 0.1) is 36.5 Å². The molecule has 2 fully saturated rings. The molecule has 13 nitrogen and oxygen atoms in total. The molecule has 1 aromatic heterocycles. The van der Waals surface area contributed by atoms with Crippen LogP contribution in [0, 0.1) is 18.3 Å². The lowest BCUT2D eigenvalue weighted by Gasteiger charge is -2.27. The number of nitrogens with zero attached hydrogens (tertiary/aromatic N) is 3. The number of rotatable bonds is 14. The van der Waals surface area contributed by atoms with Gasteiger partial charge in [-0.2, -0.15) is 0 Å². The van der Waals surface area contributed by atoms with Crippen molar-refractivity contribution in [3.63, 3.8) is 0 Å². The van der Waals surface area contributed by atoms with E-state index in [2.05, 4.69) is 30.5 Å². The fraction of sp³-hybridized carbons (Fsp3) is 0.386. The summed E-state index contributed by atoms with van der Waals surface area (Å²) in [5.74, 6) is -1.09. The molecule has 3 aliphatic heterocycles. The number of hydrogen-bond acceptors (Lipinski definition) is 10. The summed E-state index contributed by atoms with van der Waals surface area (Å²) >= 11 is 1.44. The van der Waals surface area contributed by atoms with Gasteiger partial charge in [-0.15, -0.1) is 11.3 Å². The number of aromatic nitrogens is 1. The Bertz CT molecular complexity index is 2350. The summed E-state index contributed by atoms with van der Waals surface area (Å²) in [6, 6.07) is 17.4. The lowest BCUT2D eigenvalue weighted by Crippen LogP contribution is -2.54. The molecule has 1 saturated heterocycles. The minimum Gasteiger partial charge on any atom is -0.494 e. The number of carbonyl (C=O) groups is 6. The number of fused-ring (bicyclic) bond motifs is 2. The van der Waals surface area contributed by atoms with Gasteiger partial charge in [0, 0.05) is 35.0 Å². The van der Waals surface area contributed by atoms with Crippen LogP contribution in [0.25, 0.3) is 11.3 Å². The number of imide groups is 2. The van der Waals surface area contributed by atoms with E-state index in [9.17, 15) is 28.8 Å². The van der Waals surface area contributed by atoms with Gasteiger partial charge < -0.3 is 19.7 Å². The first-order valence-corrected chi connectivity index (χ1v) is 20.6. The number of nitrogens with one attached hydrogen (secondary N) is 2. The lowest BCUT2D eigenvalue weighted by molar-refractivity contribution is -0.136. The van der Waals surface area contributed by atoms with E-state index < -0.39 is 29.7 Å². The number of thiazole rings is 1. The Morgan fingerprint density at radius 1 is 0.931 bits per heavy atom. The van der Waals surface area contributed by atoms with E-state index in [1.807, 2.05) is 48.2 Å². The van der Waals surface area contributed by atoms with Gasteiger partial charge in [-0.1, -0.05) is 38.1 Å². The molecule has 1 unspecified atom stereocenters. The van der Waals surface area contributed by atoms with Gasteiger partial charge in [0.15, 0.2) is 5.13 Å². The van der Waals surface area contributed by atoms with Crippen LogP contribution in [0.15, 0.2) is 60.7 Å². The standard InChI is InChI=1S/C44H45N5O8S/c1-25-38(29-12-13-32-28(24-29)16-19-48(32)40(53)27-10-11-27)47-43(58-25)46-36(51)23-26-6-4-7-30(22-26)56-20-17-44(2,3)18-21-57-34-9-5-8-31-37(34)42(55)49(41(31)54)33-14-15-35(50)45-39(33)52/h4-9,12-13,22,24,27,33H,10-11,14-21,23H2,1-3H3,(H,45,50,52)(H,46,47,51). The Labute approximate surface area is 340 Å². The fourth-order valence-electron chi connectivity index (χ4n) is 7.75. The molecule has 4 aliphatic rings. The van der Waals surface area contributed by atoms with E-state index in [1.165, 1.54) is 11.3 Å². The van der Waals surface area contributed by atoms with Crippen LogP contribution in [0.1, 0.15) is 89.1 Å². The van der Waals surface area contributed by atoms with Gasteiger partial charge in [-0.25, -0.2) is 4.98 Å². The second-order valence-electron chi connectivity index (χ2n) is 16.1. The zero-order chi connectivity index (χ0) is 40.7. The maximum Gasteiger partial charge on any atom is 0.266 e. The van der Waals surface area contributed by atoms with Crippen molar-refractivity contribution in [2.75, 3.05) is 30.0 Å². The zero-order valence-electron chi connectivity index (χ0n) is 32.7. The zero-order valence-corrected chi connectivity index (χ0v) is 33.5. The average molecular weight is 804 g/mol. The molecule has 3 aromatic carbocycles. The first-order valence-electron chi connectivity index (χ1n) is 19.8. The monoisotopic (exact) mass is 803 g/mol. The molecule has 1 atom stereocenters. The first kappa shape index (κ1) is 39.0. The highest BCUT2D eigenvalue weighted by atomic mass is 32.1. The third kappa shape index (κ3) is 8.11. The van der Waals surface area contributed by atoms with Crippen molar-refractivity contribution in [2.45, 2.75) is 78.2 Å². The van der Waals surface area contributed by atoms with Crippen LogP contribution in [0.2, 0.25) is 0 Å². The predicted octanol–water partition coefficient (Wildman–Crippen LogP) is 6.26. The van der Waals surface area contributed by atoms with Crippen molar-refractivity contribution in [1.29, 1.82) is 0 Å². The van der Waals surface area contributed by atoms with Crippen molar-refractivity contribution in [3.8, 4) is 22.8 Å². The van der Waals surface area contributed by atoms with E-state index in [0.29, 0.717) is 30.3 Å². The van der Waals surface area contributed by atoms with Crippen LogP contribution in [0.3, 0.4) is 0 Å². The number of piperidine rings is 1. The Morgan fingerprint density at radius 2 is 1.71 bits per heavy atom. The van der Waals surface area contributed by atoms with Gasteiger partial charge in [-0.05, 0) is 98.4 Å². The number of carbonyl (C=O) groups excluding carboxylic acids is 6. The molecule has 58 heavy (non-hydrogen) atoms. The molecule has 1 saturated carbocycles. The van der Waals surface area contributed by atoms with Crippen molar-refractivity contribution in [1.82, 2.24) is 15.2 Å². The number of benzene rings is 3. The van der Waals surface area contributed by atoms with Crippen LogP contribution < -0.4 is 25.0 Å². The Hall–Kier alpha value is -5.89. The number of amides is 6. The third-order valence-corrected chi connectivity index (χ3v) is 12.1. The summed E-state index contributed by atoms with van der Waals surface area (Å²) < 4.78 is 12.2. The Morgan fingerprint density at radius 3 is 2.48 bits per heavy atom. The molecule has 8 rings (SSSR count). The summed E-state index contributed by atoms with van der Waals surface area (Å²) in [7, 11) is 0. The van der Waals surface area contributed by atoms with Gasteiger partial charge in [0.25, 0.3) is 11.8 Å². The normalized spacial score (nSPS) is 17.6. The highest BCUT2D eigenvalue weighted by Gasteiger charge is 2.46. The van der Waals surface area contributed by atoms with Crippen molar-refractivity contribution in [3.05, 3.63) is 87.8 Å². The molecule has 4 heterocycles. The summed E-state index contributed by atoms with van der Waals surface area (Å²) in [5, 5.41) is 5.71. The number of ether oxygens (including phenoxy) is 2. The van der Waals surface area contributed by atoms with Gasteiger partial charge >= 0.3 is 0 Å². The van der Waals surface area contributed by atoms with E-state index >= 15 is 0 Å². The largest absolute Gasteiger partial charge is 0.494 e. The molecule has 0 bridgehead atoms. The highest BCUT2D eigenvalue weighted by molar-refractivity contribution is 7.16. The average Bonchev–Trinajstić information content (AvgIpc) is 3.78. The van der Waals surface area contributed by atoms with Crippen LogP contribution in [0.5, 0.6) is 11.5 Å². The smallest absolute Gasteiger partial charge is 0.266 e. The first-order chi connectivity index (χ1) is 27.8. The summed E-state index contributed by atoms with van der Waals surface area (Å²) in [5.41, 5.74) is 4.86. The van der Waals surface area contributed by atoms with E-state index in [-0.39, 0.29) is 65.9 Å². The molecule has 0 spiro atoms. The van der Waals surface area contributed by atoms with E-state index in [4.69, 9.17) is 14.5 Å². The van der Waals surface area contributed by atoms with Crippen LogP contribution in [-0.2, 0) is 32.0 Å². The van der Waals surface area contributed by atoms with Crippen LogP contribution in [0.4, 0.5) is 10.8 Å². The van der Waals surface area contributed by atoms with Crippen molar-refractivity contribution < 1.29 is 38.2 Å². The topological polar surface area (TPSA) is 164 Å². The summed E-state index contributed by atoms with van der Waals surface area (Å²) in [4.78, 5) is 85.1. The Balaban J connectivity index is 0.806. The lowest BCUT2D eigenvalue weighted by atomic mass is 9.86. The molecule has 300 valence electrons. The Kier molecular flexibility index (Phi) is 10.6. The van der Waals surface area contributed by atoms with E-state index in [0.717, 1.165) is 63.7 Å². The minimum atomic E-state index is -1.04. The molecular formula is C44H45N5O8S. The molecule has 14 heteroatoms. The second kappa shape index (κ2) is 15.8. The van der Waals surface area contributed by atoms with Gasteiger partial charge in [0.1, 0.15) is 17.5 Å².